The van der Waals surface area contributed by atoms with Gasteiger partial charge in [0.1, 0.15) is 6.26 Å². The van der Waals surface area contributed by atoms with Crippen LogP contribution in [0.15, 0.2) is 59.2 Å². The molecule has 0 atom stereocenters. The normalized spacial score (nSPS) is 10.6. The first-order chi connectivity index (χ1) is 12.1. The van der Waals surface area contributed by atoms with E-state index in [2.05, 4.69) is 10.3 Å². The Kier molecular flexibility index (Phi) is 5.79. The van der Waals surface area contributed by atoms with Crippen molar-refractivity contribution in [3.63, 3.8) is 0 Å². The highest BCUT2D eigenvalue weighted by Gasteiger charge is 2.09. The molecule has 0 unspecified atom stereocenters. The Balaban J connectivity index is 1.50. The summed E-state index contributed by atoms with van der Waals surface area (Å²) in [5.74, 6) is 1.49. The number of rotatable bonds is 6. The van der Waals surface area contributed by atoms with Gasteiger partial charge in [0.2, 0.25) is 11.8 Å². The van der Waals surface area contributed by atoms with Crippen molar-refractivity contribution in [1.29, 1.82) is 0 Å². The van der Waals surface area contributed by atoms with E-state index in [1.165, 1.54) is 11.8 Å². The van der Waals surface area contributed by atoms with Crippen LogP contribution in [0.5, 0.6) is 0 Å². The quantitative estimate of drug-likeness (QED) is 0.648. The third kappa shape index (κ3) is 4.87. The van der Waals surface area contributed by atoms with E-state index in [1.807, 2.05) is 43.3 Å². The van der Waals surface area contributed by atoms with Crippen LogP contribution < -0.4 is 5.32 Å². The maximum absolute atomic E-state index is 12.0. The van der Waals surface area contributed by atoms with Crippen molar-refractivity contribution >= 4 is 35.0 Å². The Bertz CT molecular complexity index is 862. The van der Waals surface area contributed by atoms with Gasteiger partial charge in [-0.1, -0.05) is 29.8 Å². The van der Waals surface area contributed by atoms with Crippen molar-refractivity contribution < 1.29 is 9.21 Å². The molecule has 3 rings (SSSR count). The molecule has 128 valence electrons. The number of hydrogen-bond acceptors (Lipinski definition) is 4. The number of oxazole rings is 1. The van der Waals surface area contributed by atoms with Gasteiger partial charge in [0.05, 0.1) is 11.4 Å². The standard InChI is InChI=1S/C19H17ClN2O2S/c1-13-4-2-3-5-17(13)22-18(23)12-25-11-16-10-24-19(21-16)14-6-8-15(20)9-7-14/h2-10H,11-12H2,1H3,(H,22,23). The van der Waals surface area contributed by atoms with Gasteiger partial charge in [-0.15, -0.1) is 11.8 Å². The summed E-state index contributed by atoms with van der Waals surface area (Å²) in [5.41, 5.74) is 3.57. The molecule has 0 aliphatic heterocycles. The lowest BCUT2D eigenvalue weighted by atomic mass is 10.2. The lowest BCUT2D eigenvalue weighted by Gasteiger charge is -2.07. The third-order valence-corrected chi connectivity index (χ3v) is 4.76. The third-order valence-electron chi connectivity index (χ3n) is 3.55. The first-order valence-electron chi connectivity index (χ1n) is 7.75. The smallest absolute Gasteiger partial charge is 0.234 e. The summed E-state index contributed by atoms with van der Waals surface area (Å²) in [5, 5.41) is 3.59. The van der Waals surface area contributed by atoms with Crippen molar-refractivity contribution in [3.05, 3.63) is 71.1 Å². The SMILES string of the molecule is Cc1ccccc1NC(=O)CSCc1coc(-c2ccc(Cl)cc2)n1. The maximum atomic E-state index is 12.0. The van der Waals surface area contributed by atoms with E-state index in [0.29, 0.717) is 22.4 Å². The van der Waals surface area contributed by atoms with Gasteiger partial charge in [-0.25, -0.2) is 4.98 Å². The number of nitrogens with zero attached hydrogens (tertiary/aromatic N) is 1. The topological polar surface area (TPSA) is 55.1 Å². The van der Waals surface area contributed by atoms with Gasteiger partial charge in [-0.05, 0) is 42.8 Å². The Labute approximate surface area is 155 Å². The van der Waals surface area contributed by atoms with Gasteiger partial charge >= 0.3 is 0 Å². The van der Waals surface area contributed by atoms with Crippen LogP contribution in [-0.4, -0.2) is 16.6 Å². The van der Waals surface area contributed by atoms with Gasteiger partial charge in [-0.2, -0.15) is 0 Å². The lowest BCUT2D eigenvalue weighted by Crippen LogP contribution is -2.14. The van der Waals surface area contributed by atoms with Gasteiger partial charge in [0, 0.05) is 22.0 Å². The highest BCUT2D eigenvalue weighted by molar-refractivity contribution is 7.99. The summed E-state index contributed by atoms with van der Waals surface area (Å²) in [6, 6.07) is 15.0. The maximum Gasteiger partial charge on any atom is 0.234 e. The molecule has 2 aromatic carbocycles. The Hall–Kier alpha value is -2.24. The molecule has 1 N–H and O–H groups in total. The number of hydrogen-bond donors (Lipinski definition) is 1. The van der Waals surface area contributed by atoms with Crippen LogP contribution in [-0.2, 0) is 10.5 Å². The minimum atomic E-state index is -0.0271. The molecule has 4 nitrogen and oxygen atoms in total. The molecule has 0 fully saturated rings. The predicted molar refractivity (Wildman–Crippen MR) is 103 cm³/mol. The second-order valence-electron chi connectivity index (χ2n) is 5.51. The number of benzene rings is 2. The summed E-state index contributed by atoms with van der Waals surface area (Å²) in [7, 11) is 0. The molecule has 1 aromatic heterocycles. The number of halogens is 1. The fourth-order valence-corrected chi connectivity index (χ4v) is 3.07. The summed E-state index contributed by atoms with van der Waals surface area (Å²) in [4.78, 5) is 16.5. The fourth-order valence-electron chi connectivity index (χ4n) is 2.25. The van der Waals surface area contributed by atoms with Crippen molar-refractivity contribution in [3.8, 4) is 11.5 Å². The molecule has 25 heavy (non-hydrogen) atoms. The van der Waals surface area contributed by atoms with E-state index in [9.17, 15) is 4.79 Å². The van der Waals surface area contributed by atoms with Crippen LogP contribution in [0.4, 0.5) is 5.69 Å². The molecule has 0 saturated heterocycles. The Morgan fingerprint density at radius 3 is 2.72 bits per heavy atom. The molecule has 3 aromatic rings. The second-order valence-corrected chi connectivity index (χ2v) is 6.93. The van der Waals surface area contributed by atoms with Crippen molar-refractivity contribution in [2.24, 2.45) is 0 Å². The number of amides is 1. The zero-order valence-corrected chi connectivity index (χ0v) is 15.2. The number of anilines is 1. The van der Waals surface area contributed by atoms with Crippen LogP contribution >= 0.6 is 23.4 Å². The number of thioether (sulfide) groups is 1. The average molecular weight is 373 g/mol. The number of carbonyl (C=O) groups is 1. The Morgan fingerprint density at radius 1 is 1.20 bits per heavy atom. The number of aromatic nitrogens is 1. The second kappa shape index (κ2) is 8.23. The summed E-state index contributed by atoms with van der Waals surface area (Å²) < 4.78 is 5.49. The number of carbonyl (C=O) groups excluding carboxylic acids is 1. The largest absolute Gasteiger partial charge is 0.444 e. The highest BCUT2D eigenvalue weighted by Crippen LogP contribution is 2.22. The first kappa shape index (κ1) is 17.6. The van der Waals surface area contributed by atoms with Crippen molar-refractivity contribution in [2.45, 2.75) is 12.7 Å². The predicted octanol–water partition coefficient (Wildman–Crippen LogP) is 5.18. The molecule has 0 radical (unpaired) electrons. The zero-order valence-electron chi connectivity index (χ0n) is 13.7. The summed E-state index contributed by atoms with van der Waals surface area (Å²) in [6.45, 7) is 1.97. The average Bonchev–Trinajstić information content (AvgIpc) is 3.06. The molecular formula is C19H17ClN2O2S. The van der Waals surface area contributed by atoms with Crippen LogP contribution in [0.25, 0.3) is 11.5 Å². The van der Waals surface area contributed by atoms with Crippen LogP contribution in [0.1, 0.15) is 11.3 Å². The van der Waals surface area contributed by atoms with Crippen LogP contribution in [0, 0.1) is 6.92 Å². The minimum Gasteiger partial charge on any atom is -0.444 e. The molecule has 0 aliphatic carbocycles. The van der Waals surface area contributed by atoms with Gasteiger partial charge in [-0.3, -0.25) is 4.79 Å². The molecule has 6 heteroatoms. The van der Waals surface area contributed by atoms with E-state index in [-0.39, 0.29) is 5.91 Å². The number of aryl methyl sites for hydroxylation is 1. The molecule has 0 saturated carbocycles. The monoisotopic (exact) mass is 372 g/mol. The molecule has 0 aliphatic rings. The van der Waals surface area contributed by atoms with E-state index in [1.54, 1.807) is 18.4 Å². The van der Waals surface area contributed by atoms with Gasteiger partial charge < -0.3 is 9.73 Å². The Morgan fingerprint density at radius 2 is 1.96 bits per heavy atom. The van der Waals surface area contributed by atoms with Crippen molar-refractivity contribution in [2.75, 3.05) is 11.1 Å². The van der Waals surface area contributed by atoms with Gasteiger partial charge in [0.25, 0.3) is 0 Å². The molecule has 1 amide bonds. The zero-order chi connectivity index (χ0) is 17.6. The van der Waals surface area contributed by atoms with Gasteiger partial charge in [0.15, 0.2) is 0 Å². The van der Waals surface area contributed by atoms with E-state index >= 15 is 0 Å². The van der Waals surface area contributed by atoms with E-state index < -0.39 is 0 Å². The van der Waals surface area contributed by atoms with E-state index in [0.717, 1.165) is 22.5 Å². The fraction of sp³-hybridized carbons (Fsp3) is 0.158. The molecule has 1 heterocycles. The van der Waals surface area contributed by atoms with Crippen LogP contribution in [0.3, 0.4) is 0 Å². The number of nitrogens with one attached hydrogen (secondary N) is 1. The first-order valence-corrected chi connectivity index (χ1v) is 9.28. The summed E-state index contributed by atoms with van der Waals surface area (Å²) in [6.07, 6.45) is 1.62. The lowest BCUT2D eigenvalue weighted by molar-refractivity contribution is -0.113. The molecule has 0 bridgehead atoms. The van der Waals surface area contributed by atoms with Crippen LogP contribution in [0.2, 0.25) is 5.02 Å². The summed E-state index contributed by atoms with van der Waals surface area (Å²) >= 11 is 7.37. The number of para-hydroxylation sites is 1. The highest BCUT2D eigenvalue weighted by atomic mass is 35.5. The van der Waals surface area contributed by atoms with Crippen molar-refractivity contribution in [1.82, 2.24) is 4.98 Å². The minimum absolute atomic E-state index is 0.0271. The molecule has 0 spiro atoms. The molecular weight excluding hydrogens is 356 g/mol. The van der Waals surface area contributed by atoms with E-state index in [4.69, 9.17) is 16.0 Å².